The highest BCUT2D eigenvalue weighted by atomic mass is 16.5. The van der Waals surface area contributed by atoms with Crippen molar-refractivity contribution in [2.45, 2.75) is 12.5 Å². The van der Waals surface area contributed by atoms with Gasteiger partial charge in [-0.1, -0.05) is 24.3 Å². The van der Waals surface area contributed by atoms with Crippen molar-refractivity contribution in [3.8, 4) is 5.75 Å². The fourth-order valence-corrected chi connectivity index (χ4v) is 3.29. The summed E-state index contributed by atoms with van der Waals surface area (Å²) in [5, 5.41) is 3.86. The number of rotatable bonds is 5. The van der Waals surface area contributed by atoms with Gasteiger partial charge in [0.2, 0.25) is 5.91 Å². The molecule has 2 heterocycles. The molecule has 6 nitrogen and oxygen atoms in total. The number of carbonyl (C=O) groups is 2. The second kappa shape index (κ2) is 6.55. The Morgan fingerprint density at radius 2 is 2.08 bits per heavy atom. The van der Waals surface area contributed by atoms with Gasteiger partial charge in [0.25, 0.3) is 5.91 Å². The van der Waals surface area contributed by atoms with Crippen LogP contribution in [0.2, 0.25) is 0 Å². The number of fused-ring (bicyclic) bond motifs is 1. The minimum Gasteiger partial charge on any atom is -0.497 e. The summed E-state index contributed by atoms with van der Waals surface area (Å²) in [6.45, 7) is 0.578. The third-order valence-electron chi connectivity index (χ3n) is 4.70. The summed E-state index contributed by atoms with van der Waals surface area (Å²) in [5.41, 5.74) is 2.37. The summed E-state index contributed by atoms with van der Waals surface area (Å²) >= 11 is 0. The average molecular weight is 349 g/mol. The van der Waals surface area contributed by atoms with Crippen molar-refractivity contribution in [3.63, 3.8) is 0 Å². The van der Waals surface area contributed by atoms with E-state index in [9.17, 15) is 9.59 Å². The lowest BCUT2D eigenvalue weighted by molar-refractivity contribution is -0.147. The molecule has 0 saturated carbocycles. The number of likely N-dealkylation sites (tertiary alicyclic amines) is 1. The number of aromatic amines is 1. The monoisotopic (exact) mass is 349 g/mol. The van der Waals surface area contributed by atoms with Gasteiger partial charge in [-0.2, -0.15) is 0 Å². The van der Waals surface area contributed by atoms with Crippen LogP contribution in [0.15, 0.2) is 54.7 Å². The molecule has 1 saturated heterocycles. The first-order valence-electron chi connectivity index (χ1n) is 8.48. The van der Waals surface area contributed by atoms with Gasteiger partial charge in [0.1, 0.15) is 11.8 Å². The summed E-state index contributed by atoms with van der Waals surface area (Å²) in [5.74, 6) is 0.406. The summed E-state index contributed by atoms with van der Waals surface area (Å²) < 4.78 is 5.20. The Bertz CT molecular complexity index is 979. The van der Waals surface area contributed by atoms with Crippen LogP contribution in [0, 0.1) is 0 Å². The topological polar surface area (TPSA) is 74.4 Å². The molecule has 2 amide bonds. The summed E-state index contributed by atoms with van der Waals surface area (Å²) in [6.07, 6.45) is 2.29. The van der Waals surface area contributed by atoms with E-state index in [1.165, 1.54) is 0 Å². The Morgan fingerprint density at radius 1 is 1.23 bits per heavy atom. The molecule has 3 aromatic rings. The number of benzene rings is 2. The zero-order valence-electron chi connectivity index (χ0n) is 14.4. The van der Waals surface area contributed by atoms with Crippen LogP contribution in [0.3, 0.4) is 0 Å². The van der Waals surface area contributed by atoms with E-state index in [0.717, 1.165) is 16.5 Å². The van der Waals surface area contributed by atoms with Crippen molar-refractivity contribution in [2.24, 2.45) is 0 Å². The van der Waals surface area contributed by atoms with Crippen molar-refractivity contribution in [2.75, 3.05) is 19.0 Å². The number of β-lactam (4-membered cyclic amide) rings is 1. The molecule has 1 aliphatic heterocycles. The van der Waals surface area contributed by atoms with E-state index in [-0.39, 0.29) is 11.8 Å². The van der Waals surface area contributed by atoms with Crippen LogP contribution in [0.25, 0.3) is 10.9 Å². The first-order chi connectivity index (χ1) is 12.7. The van der Waals surface area contributed by atoms with Crippen LogP contribution in [0.1, 0.15) is 18.0 Å². The molecular formula is C20H19N3O3. The van der Waals surface area contributed by atoms with Crippen LogP contribution in [-0.4, -0.2) is 35.4 Å². The molecule has 1 unspecified atom stereocenters. The molecule has 0 bridgehead atoms. The van der Waals surface area contributed by atoms with Crippen molar-refractivity contribution in [1.29, 1.82) is 0 Å². The molecule has 1 aromatic heterocycles. The Morgan fingerprint density at radius 3 is 2.81 bits per heavy atom. The number of nitrogens with zero attached hydrogens (tertiary/aromatic N) is 1. The molecule has 26 heavy (non-hydrogen) atoms. The smallest absolute Gasteiger partial charge is 0.251 e. The van der Waals surface area contributed by atoms with Crippen molar-refractivity contribution in [1.82, 2.24) is 9.88 Å². The van der Waals surface area contributed by atoms with Gasteiger partial charge in [-0.05, 0) is 18.2 Å². The van der Waals surface area contributed by atoms with Gasteiger partial charge >= 0.3 is 0 Å². The van der Waals surface area contributed by atoms with Crippen molar-refractivity contribution >= 4 is 28.4 Å². The largest absolute Gasteiger partial charge is 0.497 e. The highest BCUT2D eigenvalue weighted by Crippen LogP contribution is 2.33. The van der Waals surface area contributed by atoms with Crippen LogP contribution in [0.4, 0.5) is 5.69 Å². The normalized spacial score (nSPS) is 14.8. The highest BCUT2D eigenvalue weighted by molar-refractivity contribution is 6.01. The second-order valence-electron chi connectivity index (χ2n) is 6.25. The van der Waals surface area contributed by atoms with E-state index in [1.54, 1.807) is 24.1 Å². The van der Waals surface area contributed by atoms with E-state index in [0.29, 0.717) is 24.4 Å². The number of aromatic nitrogens is 1. The van der Waals surface area contributed by atoms with Gasteiger partial charge in [-0.25, -0.2) is 0 Å². The lowest BCUT2D eigenvalue weighted by Crippen LogP contribution is -2.49. The maximum atomic E-state index is 13.1. The van der Waals surface area contributed by atoms with Crippen molar-refractivity contribution in [3.05, 3.63) is 60.3 Å². The Hall–Kier alpha value is -3.28. The third kappa shape index (κ3) is 2.79. The summed E-state index contributed by atoms with van der Waals surface area (Å²) in [4.78, 5) is 30.0. The van der Waals surface area contributed by atoms with Crippen LogP contribution < -0.4 is 10.1 Å². The maximum absolute atomic E-state index is 13.1. The number of hydrogen-bond acceptors (Lipinski definition) is 3. The SMILES string of the molecule is COc1cccc(NC(=O)C(c2c[nH]c3ccccc23)N2CCC2=O)c1. The fraction of sp³-hybridized carbons (Fsp3) is 0.200. The molecule has 2 aromatic carbocycles. The lowest BCUT2D eigenvalue weighted by Gasteiger charge is -2.37. The molecule has 1 atom stereocenters. The zero-order chi connectivity index (χ0) is 18.1. The minimum atomic E-state index is -0.668. The number of H-pyrrole nitrogens is 1. The second-order valence-corrected chi connectivity index (χ2v) is 6.25. The predicted octanol–water partition coefficient (Wildman–Crippen LogP) is 3.09. The first-order valence-corrected chi connectivity index (χ1v) is 8.48. The van der Waals surface area contributed by atoms with Crippen LogP contribution in [0.5, 0.6) is 5.75 Å². The average Bonchev–Trinajstić information content (AvgIpc) is 3.08. The molecule has 2 N–H and O–H groups in total. The fourth-order valence-electron chi connectivity index (χ4n) is 3.29. The van der Waals surface area contributed by atoms with Gasteiger partial charge in [-0.3, -0.25) is 9.59 Å². The predicted molar refractivity (Wildman–Crippen MR) is 99.0 cm³/mol. The zero-order valence-corrected chi connectivity index (χ0v) is 14.4. The number of para-hydroxylation sites is 1. The Labute approximate surface area is 150 Å². The standard InChI is InChI=1S/C20H19N3O3/c1-26-14-6-4-5-13(11-14)22-20(25)19(23-10-9-18(23)24)16-12-21-17-8-3-2-7-15(16)17/h2-8,11-12,19,21H,9-10H2,1H3,(H,22,25). The van der Waals surface area contributed by atoms with Gasteiger partial charge in [-0.15, -0.1) is 0 Å². The molecule has 6 heteroatoms. The van der Waals surface area contributed by atoms with E-state index in [4.69, 9.17) is 4.74 Å². The number of methoxy groups -OCH3 is 1. The number of anilines is 1. The van der Waals surface area contributed by atoms with Gasteiger partial charge in [0.05, 0.1) is 7.11 Å². The molecule has 4 rings (SSSR count). The van der Waals surface area contributed by atoms with E-state index in [2.05, 4.69) is 10.3 Å². The van der Waals surface area contributed by atoms with Gasteiger partial charge < -0.3 is 19.9 Å². The highest BCUT2D eigenvalue weighted by Gasteiger charge is 2.38. The molecule has 1 fully saturated rings. The van der Waals surface area contributed by atoms with E-state index < -0.39 is 6.04 Å². The van der Waals surface area contributed by atoms with E-state index in [1.807, 2.05) is 42.6 Å². The van der Waals surface area contributed by atoms with Crippen molar-refractivity contribution < 1.29 is 14.3 Å². The molecular weight excluding hydrogens is 330 g/mol. The van der Waals surface area contributed by atoms with Gasteiger partial charge in [0, 0.05) is 47.4 Å². The Kier molecular flexibility index (Phi) is 4.08. The number of hydrogen-bond donors (Lipinski definition) is 2. The van der Waals surface area contributed by atoms with Crippen LogP contribution >= 0.6 is 0 Å². The summed E-state index contributed by atoms with van der Waals surface area (Å²) in [6, 6.07) is 14.3. The van der Waals surface area contributed by atoms with E-state index >= 15 is 0 Å². The van der Waals surface area contributed by atoms with Crippen LogP contribution in [-0.2, 0) is 9.59 Å². The first kappa shape index (κ1) is 16.2. The Balaban J connectivity index is 1.69. The number of nitrogens with one attached hydrogen (secondary N) is 2. The summed E-state index contributed by atoms with van der Waals surface area (Å²) in [7, 11) is 1.58. The minimum absolute atomic E-state index is 0.0129. The lowest BCUT2D eigenvalue weighted by atomic mass is 9.99. The molecule has 132 valence electrons. The number of ether oxygens (including phenoxy) is 1. The number of carbonyl (C=O) groups excluding carboxylic acids is 2. The quantitative estimate of drug-likeness (QED) is 0.695. The molecule has 0 aliphatic carbocycles. The molecule has 0 spiro atoms. The number of amides is 2. The van der Waals surface area contributed by atoms with Gasteiger partial charge in [0.15, 0.2) is 0 Å². The molecule has 0 radical (unpaired) electrons. The third-order valence-corrected chi connectivity index (χ3v) is 4.70. The molecule has 1 aliphatic rings. The maximum Gasteiger partial charge on any atom is 0.251 e.